The number of fused-ring (bicyclic) bond motifs is 1. The van der Waals surface area contributed by atoms with Crippen molar-refractivity contribution in [1.82, 2.24) is 14.9 Å². The van der Waals surface area contributed by atoms with Crippen molar-refractivity contribution in [2.45, 2.75) is 39.3 Å². The van der Waals surface area contributed by atoms with Gasteiger partial charge in [-0.15, -0.1) is 0 Å². The van der Waals surface area contributed by atoms with Gasteiger partial charge in [-0.1, -0.05) is 19.1 Å². The number of aromatic nitrogens is 2. The summed E-state index contributed by atoms with van der Waals surface area (Å²) >= 11 is 0. The van der Waals surface area contributed by atoms with Gasteiger partial charge in [-0.3, -0.25) is 14.7 Å². The molecule has 1 fully saturated rings. The van der Waals surface area contributed by atoms with Crippen molar-refractivity contribution in [2.24, 2.45) is 5.92 Å². The van der Waals surface area contributed by atoms with Crippen LogP contribution in [0.2, 0.25) is 0 Å². The molecule has 1 atom stereocenters. The van der Waals surface area contributed by atoms with Crippen molar-refractivity contribution in [3.63, 3.8) is 0 Å². The molecule has 1 unspecified atom stereocenters. The van der Waals surface area contributed by atoms with E-state index in [-0.39, 0.29) is 11.4 Å². The van der Waals surface area contributed by atoms with Gasteiger partial charge in [0.1, 0.15) is 5.82 Å². The number of hydrogen-bond donors (Lipinski definition) is 1. The molecule has 5 nitrogen and oxygen atoms in total. The average Bonchev–Trinajstić information content (AvgIpc) is 2.64. The number of H-pyrrole nitrogens is 1. The molecule has 1 N–H and O–H groups in total. The first kappa shape index (κ1) is 17.2. The standard InChI is InChI=1S/C20H25FN4O/c1-14-3-2-9-25(11-14)20-22-18-8-10-24(13-17(18)19(26)23-20)12-15-4-6-16(21)7-5-15/h4-7,14H,2-3,8-13H2,1H3,(H,22,23,26). The molecular formula is C20H25FN4O. The molecule has 0 bridgehead atoms. The molecule has 0 radical (unpaired) electrons. The highest BCUT2D eigenvalue weighted by Crippen LogP contribution is 2.22. The number of anilines is 1. The van der Waals surface area contributed by atoms with E-state index in [4.69, 9.17) is 4.98 Å². The summed E-state index contributed by atoms with van der Waals surface area (Å²) in [7, 11) is 0. The van der Waals surface area contributed by atoms with Gasteiger partial charge in [0, 0.05) is 39.1 Å². The van der Waals surface area contributed by atoms with Crippen molar-refractivity contribution in [3.8, 4) is 0 Å². The maximum Gasteiger partial charge on any atom is 0.257 e. The lowest BCUT2D eigenvalue weighted by Gasteiger charge is -2.33. The van der Waals surface area contributed by atoms with Gasteiger partial charge < -0.3 is 4.90 Å². The van der Waals surface area contributed by atoms with Gasteiger partial charge in [0.25, 0.3) is 5.56 Å². The topological polar surface area (TPSA) is 52.2 Å². The molecule has 3 heterocycles. The second-order valence-electron chi connectivity index (χ2n) is 7.60. The van der Waals surface area contributed by atoms with E-state index in [2.05, 4.69) is 21.7 Å². The first-order valence-electron chi connectivity index (χ1n) is 9.42. The molecule has 2 aliphatic rings. The number of rotatable bonds is 3. The number of benzene rings is 1. The fourth-order valence-electron chi connectivity index (χ4n) is 3.98. The van der Waals surface area contributed by atoms with E-state index in [1.165, 1.54) is 18.6 Å². The van der Waals surface area contributed by atoms with Gasteiger partial charge >= 0.3 is 0 Å². The maximum atomic E-state index is 13.1. The number of aromatic amines is 1. The van der Waals surface area contributed by atoms with E-state index in [0.29, 0.717) is 19.0 Å². The lowest BCUT2D eigenvalue weighted by molar-refractivity contribution is 0.241. The molecule has 0 amide bonds. The lowest BCUT2D eigenvalue weighted by Crippen LogP contribution is -2.39. The summed E-state index contributed by atoms with van der Waals surface area (Å²) in [6.45, 7) is 6.32. The summed E-state index contributed by atoms with van der Waals surface area (Å²) in [4.78, 5) is 24.9. The van der Waals surface area contributed by atoms with Crippen molar-refractivity contribution in [3.05, 3.63) is 57.3 Å². The molecule has 0 saturated carbocycles. The van der Waals surface area contributed by atoms with Crippen LogP contribution in [0.1, 0.15) is 36.6 Å². The predicted molar refractivity (Wildman–Crippen MR) is 99.7 cm³/mol. The summed E-state index contributed by atoms with van der Waals surface area (Å²) in [6, 6.07) is 6.56. The monoisotopic (exact) mass is 356 g/mol. The van der Waals surface area contributed by atoms with Gasteiger partial charge in [-0.2, -0.15) is 0 Å². The Morgan fingerprint density at radius 1 is 1.27 bits per heavy atom. The van der Waals surface area contributed by atoms with E-state index < -0.39 is 0 Å². The first-order chi connectivity index (χ1) is 12.6. The Bertz CT molecular complexity index is 833. The average molecular weight is 356 g/mol. The smallest absolute Gasteiger partial charge is 0.257 e. The zero-order chi connectivity index (χ0) is 18.1. The van der Waals surface area contributed by atoms with E-state index in [0.717, 1.165) is 55.2 Å². The largest absolute Gasteiger partial charge is 0.342 e. The predicted octanol–water partition coefficient (Wildman–Crippen LogP) is 2.70. The van der Waals surface area contributed by atoms with Crippen LogP contribution >= 0.6 is 0 Å². The van der Waals surface area contributed by atoms with Gasteiger partial charge in [0.15, 0.2) is 0 Å². The van der Waals surface area contributed by atoms with Crippen molar-refractivity contribution < 1.29 is 4.39 Å². The Balaban J connectivity index is 1.51. The molecule has 1 aromatic heterocycles. The second kappa shape index (κ2) is 7.19. The number of halogens is 1. The van der Waals surface area contributed by atoms with Crippen LogP contribution in [0.4, 0.5) is 10.3 Å². The summed E-state index contributed by atoms with van der Waals surface area (Å²) in [5, 5.41) is 0. The number of nitrogens with zero attached hydrogens (tertiary/aromatic N) is 3. The molecule has 4 rings (SSSR count). The molecule has 2 aromatic rings. The Kier molecular flexibility index (Phi) is 4.76. The Labute approximate surface area is 152 Å². The SMILES string of the molecule is CC1CCCN(c2nc3c(c(=O)[nH]2)CN(Cc2ccc(F)cc2)CC3)C1. The highest BCUT2D eigenvalue weighted by atomic mass is 19.1. The highest BCUT2D eigenvalue weighted by Gasteiger charge is 2.24. The molecule has 138 valence electrons. The molecule has 1 aromatic carbocycles. The second-order valence-corrected chi connectivity index (χ2v) is 7.60. The van der Waals surface area contributed by atoms with Crippen molar-refractivity contribution in [2.75, 3.05) is 24.5 Å². The molecule has 0 aliphatic carbocycles. The van der Waals surface area contributed by atoms with Crippen LogP contribution in [0, 0.1) is 11.7 Å². The van der Waals surface area contributed by atoms with E-state index in [9.17, 15) is 9.18 Å². The van der Waals surface area contributed by atoms with Crippen LogP contribution in [0.5, 0.6) is 0 Å². The zero-order valence-electron chi connectivity index (χ0n) is 15.2. The van der Waals surface area contributed by atoms with E-state index >= 15 is 0 Å². The van der Waals surface area contributed by atoms with Crippen molar-refractivity contribution in [1.29, 1.82) is 0 Å². The summed E-state index contributed by atoms with van der Waals surface area (Å²) < 4.78 is 13.1. The zero-order valence-corrected chi connectivity index (χ0v) is 15.2. The van der Waals surface area contributed by atoms with Crippen LogP contribution < -0.4 is 10.5 Å². The van der Waals surface area contributed by atoms with Crippen LogP contribution in [0.15, 0.2) is 29.1 Å². The molecular weight excluding hydrogens is 331 g/mol. The fourth-order valence-corrected chi connectivity index (χ4v) is 3.98. The van der Waals surface area contributed by atoms with Crippen LogP contribution in [0.3, 0.4) is 0 Å². The highest BCUT2D eigenvalue weighted by molar-refractivity contribution is 5.35. The molecule has 2 aliphatic heterocycles. The number of piperidine rings is 1. The van der Waals surface area contributed by atoms with Gasteiger partial charge in [0.05, 0.1) is 11.3 Å². The summed E-state index contributed by atoms with van der Waals surface area (Å²) in [6.07, 6.45) is 3.16. The van der Waals surface area contributed by atoms with E-state index in [1.54, 1.807) is 12.1 Å². The molecule has 26 heavy (non-hydrogen) atoms. The normalized spacial score (nSPS) is 20.8. The molecule has 6 heteroatoms. The van der Waals surface area contributed by atoms with Crippen LogP contribution in [-0.4, -0.2) is 34.5 Å². The first-order valence-corrected chi connectivity index (χ1v) is 9.42. The summed E-state index contributed by atoms with van der Waals surface area (Å²) in [5.74, 6) is 1.14. The molecule has 1 saturated heterocycles. The third kappa shape index (κ3) is 3.65. The number of hydrogen-bond acceptors (Lipinski definition) is 4. The Morgan fingerprint density at radius 2 is 2.08 bits per heavy atom. The maximum absolute atomic E-state index is 13.1. The molecule has 0 spiro atoms. The minimum absolute atomic E-state index is 0.0213. The quantitative estimate of drug-likeness (QED) is 0.919. The fraction of sp³-hybridized carbons (Fsp3) is 0.500. The van der Waals surface area contributed by atoms with E-state index in [1.807, 2.05) is 0 Å². The minimum Gasteiger partial charge on any atom is -0.342 e. The Morgan fingerprint density at radius 3 is 2.85 bits per heavy atom. The van der Waals surface area contributed by atoms with Gasteiger partial charge in [-0.05, 0) is 36.5 Å². The number of nitrogens with one attached hydrogen (secondary N) is 1. The third-order valence-corrected chi connectivity index (χ3v) is 5.41. The van der Waals surface area contributed by atoms with Crippen LogP contribution in [0.25, 0.3) is 0 Å². The minimum atomic E-state index is -0.224. The summed E-state index contributed by atoms with van der Waals surface area (Å²) in [5.41, 5.74) is 2.73. The van der Waals surface area contributed by atoms with Crippen molar-refractivity contribution >= 4 is 5.95 Å². The lowest BCUT2D eigenvalue weighted by atomic mass is 10.0. The third-order valence-electron chi connectivity index (χ3n) is 5.41. The Hall–Kier alpha value is -2.21. The van der Waals surface area contributed by atoms with Gasteiger partial charge in [-0.25, -0.2) is 9.37 Å². The van der Waals surface area contributed by atoms with Crippen LogP contribution in [-0.2, 0) is 19.5 Å². The van der Waals surface area contributed by atoms with Gasteiger partial charge in [0.2, 0.25) is 5.95 Å².